The van der Waals surface area contributed by atoms with Crippen molar-refractivity contribution in [2.45, 2.75) is 0 Å². The highest BCUT2D eigenvalue weighted by atomic mass is 16.5. The van der Waals surface area contributed by atoms with Gasteiger partial charge in [-0.1, -0.05) is 61.2 Å². The Bertz CT molecular complexity index is 388. The van der Waals surface area contributed by atoms with Crippen LogP contribution in [0.15, 0.2) is 61.2 Å². The Balaban J connectivity index is 2.39. The van der Waals surface area contributed by atoms with E-state index in [1.54, 1.807) is 12.2 Å². The van der Waals surface area contributed by atoms with Crippen molar-refractivity contribution < 1.29 is 9.53 Å². The molecule has 0 fully saturated rings. The van der Waals surface area contributed by atoms with E-state index in [-0.39, 0.29) is 12.6 Å². The molecule has 0 saturated heterocycles. The van der Waals surface area contributed by atoms with Gasteiger partial charge in [-0.15, -0.1) is 0 Å². The second kappa shape index (κ2) is 7.23. The highest BCUT2D eigenvalue weighted by molar-refractivity contribution is 5.82. The number of benzene rings is 1. The van der Waals surface area contributed by atoms with Crippen LogP contribution < -0.4 is 0 Å². The number of carbonyl (C=O) groups is 1. The molecule has 0 heterocycles. The van der Waals surface area contributed by atoms with Gasteiger partial charge in [0.05, 0.1) is 0 Å². The van der Waals surface area contributed by atoms with Crippen LogP contribution in [-0.2, 0) is 9.53 Å². The van der Waals surface area contributed by atoms with Gasteiger partial charge in [-0.2, -0.15) is 0 Å². The van der Waals surface area contributed by atoms with Gasteiger partial charge in [-0.05, 0) is 5.56 Å². The third-order valence-electron chi connectivity index (χ3n) is 1.78. The molecule has 0 atom stereocenters. The van der Waals surface area contributed by atoms with Crippen LogP contribution in [0.4, 0.5) is 0 Å². The van der Waals surface area contributed by atoms with Gasteiger partial charge in [-0.3, -0.25) is 0 Å². The van der Waals surface area contributed by atoms with E-state index in [1.165, 1.54) is 12.2 Å². The Morgan fingerprint density at radius 3 is 2.69 bits per heavy atom. The Labute approximate surface area is 95.6 Å². The van der Waals surface area contributed by atoms with Crippen LogP contribution in [0.5, 0.6) is 0 Å². The minimum atomic E-state index is -0.363. The van der Waals surface area contributed by atoms with Gasteiger partial charge in [0.2, 0.25) is 0 Å². The van der Waals surface area contributed by atoms with Crippen LogP contribution >= 0.6 is 0 Å². The molecule has 82 valence electrons. The summed E-state index contributed by atoms with van der Waals surface area (Å²) in [5, 5.41) is 0. The number of ether oxygens (including phenoxy) is 1. The molecule has 1 aromatic carbocycles. The first-order chi connectivity index (χ1) is 7.83. The average molecular weight is 214 g/mol. The Kier molecular flexibility index (Phi) is 5.42. The quantitative estimate of drug-likeness (QED) is 0.326. The lowest BCUT2D eigenvalue weighted by Gasteiger charge is -1.93. The summed E-state index contributed by atoms with van der Waals surface area (Å²) in [7, 11) is 0. The highest BCUT2D eigenvalue weighted by Crippen LogP contribution is 2.00. The van der Waals surface area contributed by atoms with Crippen molar-refractivity contribution in [2.75, 3.05) is 6.61 Å². The minimum Gasteiger partial charge on any atom is -0.458 e. The van der Waals surface area contributed by atoms with Crippen molar-refractivity contribution in [3.63, 3.8) is 0 Å². The Hall–Kier alpha value is -2.09. The molecule has 0 saturated carbocycles. The van der Waals surface area contributed by atoms with Gasteiger partial charge in [0, 0.05) is 6.08 Å². The number of esters is 1. The lowest BCUT2D eigenvalue weighted by molar-refractivity contribution is -0.136. The van der Waals surface area contributed by atoms with Gasteiger partial charge >= 0.3 is 5.97 Å². The maximum absolute atomic E-state index is 11.0. The highest BCUT2D eigenvalue weighted by Gasteiger charge is 1.90. The number of hydrogen-bond donors (Lipinski definition) is 0. The van der Waals surface area contributed by atoms with Crippen molar-refractivity contribution in [3.8, 4) is 0 Å². The van der Waals surface area contributed by atoms with Crippen molar-refractivity contribution in [1.29, 1.82) is 0 Å². The molecule has 0 aliphatic heterocycles. The molecule has 2 nitrogen and oxygen atoms in total. The fourth-order valence-electron chi connectivity index (χ4n) is 1.05. The SMILES string of the molecule is C=CCOC(=O)C=CC=Cc1ccccc1. The summed E-state index contributed by atoms with van der Waals surface area (Å²) in [6.45, 7) is 3.70. The van der Waals surface area contributed by atoms with E-state index in [4.69, 9.17) is 4.74 Å². The Morgan fingerprint density at radius 2 is 2.00 bits per heavy atom. The number of hydrogen-bond acceptors (Lipinski definition) is 2. The first-order valence-corrected chi connectivity index (χ1v) is 5.00. The van der Waals surface area contributed by atoms with Gasteiger partial charge in [0.15, 0.2) is 0 Å². The molecule has 0 unspecified atom stereocenters. The summed E-state index contributed by atoms with van der Waals surface area (Å²) < 4.78 is 4.77. The lowest BCUT2D eigenvalue weighted by Crippen LogP contribution is -1.99. The van der Waals surface area contributed by atoms with E-state index in [0.717, 1.165) is 5.56 Å². The average Bonchev–Trinajstić information content (AvgIpc) is 2.33. The molecule has 0 radical (unpaired) electrons. The third-order valence-corrected chi connectivity index (χ3v) is 1.78. The van der Waals surface area contributed by atoms with Crippen LogP contribution in [0, 0.1) is 0 Å². The predicted molar refractivity (Wildman–Crippen MR) is 65.8 cm³/mol. The van der Waals surface area contributed by atoms with Gasteiger partial charge in [0.25, 0.3) is 0 Å². The summed E-state index contributed by atoms with van der Waals surface area (Å²) >= 11 is 0. The van der Waals surface area contributed by atoms with Crippen LogP contribution in [-0.4, -0.2) is 12.6 Å². The van der Waals surface area contributed by atoms with Crippen molar-refractivity contribution >= 4 is 12.0 Å². The zero-order valence-corrected chi connectivity index (χ0v) is 9.00. The van der Waals surface area contributed by atoms with E-state index in [9.17, 15) is 4.79 Å². The summed E-state index contributed by atoms with van der Waals surface area (Å²) in [5.74, 6) is -0.363. The standard InChI is InChI=1S/C14H14O2/c1-2-12-16-14(15)11-7-6-10-13-8-4-3-5-9-13/h2-11H,1,12H2. The molecule has 0 N–H and O–H groups in total. The summed E-state index contributed by atoms with van der Waals surface area (Å²) in [6.07, 6.45) is 8.27. The molecule has 16 heavy (non-hydrogen) atoms. The first-order valence-electron chi connectivity index (χ1n) is 5.00. The van der Waals surface area contributed by atoms with Gasteiger partial charge in [-0.25, -0.2) is 4.79 Å². The van der Waals surface area contributed by atoms with Crippen molar-refractivity contribution in [3.05, 3.63) is 66.8 Å². The molecule has 0 bridgehead atoms. The fourth-order valence-corrected chi connectivity index (χ4v) is 1.05. The zero-order valence-electron chi connectivity index (χ0n) is 9.00. The van der Waals surface area contributed by atoms with E-state index < -0.39 is 0 Å². The molecule has 1 rings (SSSR count). The van der Waals surface area contributed by atoms with E-state index >= 15 is 0 Å². The van der Waals surface area contributed by atoms with E-state index in [2.05, 4.69) is 6.58 Å². The topological polar surface area (TPSA) is 26.3 Å². The predicted octanol–water partition coefficient (Wildman–Crippen LogP) is 2.99. The normalized spacial score (nSPS) is 10.8. The largest absolute Gasteiger partial charge is 0.458 e. The number of allylic oxidation sites excluding steroid dienone is 2. The number of rotatable bonds is 5. The van der Waals surface area contributed by atoms with Crippen LogP contribution in [0.3, 0.4) is 0 Å². The molecule has 0 aromatic heterocycles. The number of carbonyl (C=O) groups excluding carboxylic acids is 1. The van der Waals surface area contributed by atoms with E-state index in [1.807, 2.05) is 36.4 Å². The monoisotopic (exact) mass is 214 g/mol. The van der Waals surface area contributed by atoms with Gasteiger partial charge < -0.3 is 4.74 Å². The van der Waals surface area contributed by atoms with Crippen molar-refractivity contribution in [1.82, 2.24) is 0 Å². The molecular formula is C14H14O2. The summed E-state index contributed by atoms with van der Waals surface area (Å²) in [4.78, 5) is 11.0. The maximum atomic E-state index is 11.0. The molecular weight excluding hydrogens is 200 g/mol. The molecule has 0 aliphatic carbocycles. The zero-order chi connectivity index (χ0) is 11.6. The van der Waals surface area contributed by atoms with Gasteiger partial charge in [0.1, 0.15) is 6.61 Å². The Morgan fingerprint density at radius 1 is 1.25 bits per heavy atom. The first kappa shape index (κ1) is 12.0. The summed E-state index contributed by atoms with van der Waals surface area (Å²) in [5.41, 5.74) is 1.09. The second-order valence-corrected chi connectivity index (χ2v) is 3.05. The lowest BCUT2D eigenvalue weighted by atomic mass is 10.2. The molecule has 0 aliphatic rings. The molecule has 2 heteroatoms. The minimum absolute atomic E-state index is 0.242. The molecule has 1 aromatic rings. The van der Waals surface area contributed by atoms with Crippen LogP contribution in [0.2, 0.25) is 0 Å². The summed E-state index contributed by atoms with van der Waals surface area (Å²) in [6, 6.07) is 9.85. The second-order valence-electron chi connectivity index (χ2n) is 3.05. The van der Waals surface area contributed by atoms with E-state index in [0.29, 0.717) is 0 Å². The van der Waals surface area contributed by atoms with Crippen LogP contribution in [0.25, 0.3) is 6.08 Å². The maximum Gasteiger partial charge on any atom is 0.331 e. The van der Waals surface area contributed by atoms with Crippen LogP contribution in [0.1, 0.15) is 5.56 Å². The third kappa shape index (κ3) is 4.96. The van der Waals surface area contributed by atoms with Crippen molar-refractivity contribution in [2.24, 2.45) is 0 Å². The molecule has 0 spiro atoms. The molecule has 0 amide bonds. The fraction of sp³-hybridized carbons (Fsp3) is 0.0714. The smallest absolute Gasteiger partial charge is 0.331 e.